The number of fused-ring (bicyclic) bond motifs is 2. The monoisotopic (exact) mass is 478 g/mol. The summed E-state index contributed by atoms with van der Waals surface area (Å²) in [7, 11) is 0. The molecule has 1 fully saturated rings. The summed E-state index contributed by atoms with van der Waals surface area (Å²) < 4.78 is 30.1. The van der Waals surface area contributed by atoms with Crippen molar-refractivity contribution < 1.29 is 8.78 Å². The fourth-order valence-electron chi connectivity index (χ4n) is 5.08. The Hall–Kier alpha value is -3.32. The molecule has 34 heavy (non-hydrogen) atoms. The third-order valence-corrected chi connectivity index (χ3v) is 7.06. The molecule has 0 bridgehead atoms. The molecule has 0 saturated carbocycles. The van der Waals surface area contributed by atoms with Gasteiger partial charge in [0, 0.05) is 42.6 Å². The van der Waals surface area contributed by atoms with E-state index in [0.29, 0.717) is 47.7 Å². The van der Waals surface area contributed by atoms with Crippen molar-refractivity contribution in [3.05, 3.63) is 86.9 Å². The van der Waals surface area contributed by atoms with Crippen LogP contribution in [-0.2, 0) is 13.0 Å². The van der Waals surface area contributed by atoms with Crippen LogP contribution in [0.15, 0.2) is 53.3 Å². The summed E-state index contributed by atoms with van der Waals surface area (Å²) >= 11 is 5.98. The molecule has 0 radical (unpaired) electrons. The van der Waals surface area contributed by atoms with Gasteiger partial charge in [-0.15, -0.1) is 0 Å². The van der Waals surface area contributed by atoms with Gasteiger partial charge in [0.05, 0.1) is 5.39 Å². The van der Waals surface area contributed by atoms with Crippen molar-refractivity contribution in [3.63, 3.8) is 0 Å². The molecular weight excluding hydrogens is 458 g/mol. The highest BCUT2D eigenvalue weighted by Crippen LogP contribution is 2.35. The zero-order chi connectivity index (χ0) is 23.4. The second-order valence-corrected chi connectivity index (χ2v) is 9.36. The van der Waals surface area contributed by atoms with Crippen LogP contribution in [-0.4, -0.2) is 27.6 Å². The Balaban J connectivity index is 1.49. The van der Waals surface area contributed by atoms with Gasteiger partial charge < -0.3 is 4.90 Å². The predicted octanol–water partition coefficient (Wildman–Crippen LogP) is 5.33. The fourth-order valence-corrected chi connectivity index (χ4v) is 5.24. The van der Waals surface area contributed by atoms with Crippen molar-refractivity contribution >= 4 is 28.3 Å². The van der Waals surface area contributed by atoms with E-state index in [0.717, 1.165) is 24.9 Å². The van der Waals surface area contributed by atoms with Crippen molar-refractivity contribution in [2.45, 2.75) is 31.7 Å². The number of halogens is 3. The molecule has 0 aliphatic carbocycles. The number of rotatable bonds is 3. The highest BCUT2D eigenvalue weighted by atomic mass is 35.5. The second-order valence-electron chi connectivity index (χ2n) is 8.92. The zero-order valence-corrected chi connectivity index (χ0v) is 19.0. The summed E-state index contributed by atoms with van der Waals surface area (Å²) in [5.74, 6) is 0.767. The van der Waals surface area contributed by atoms with E-state index in [1.165, 1.54) is 18.2 Å². The van der Waals surface area contributed by atoms with Gasteiger partial charge in [-0.25, -0.2) is 18.7 Å². The molecule has 6 rings (SSSR count). The first kappa shape index (κ1) is 21.2. The van der Waals surface area contributed by atoms with Gasteiger partial charge in [0.1, 0.15) is 34.5 Å². The maximum atomic E-state index is 15.0. The van der Waals surface area contributed by atoms with Crippen LogP contribution in [0.1, 0.15) is 30.1 Å². The Bertz CT molecular complexity index is 1490. The average molecular weight is 479 g/mol. The summed E-state index contributed by atoms with van der Waals surface area (Å²) in [5, 5.41) is 0.725. The lowest BCUT2D eigenvalue weighted by Crippen LogP contribution is -2.24. The van der Waals surface area contributed by atoms with E-state index in [4.69, 9.17) is 21.6 Å². The molecule has 172 valence electrons. The lowest BCUT2D eigenvalue weighted by Gasteiger charge is -2.20. The van der Waals surface area contributed by atoms with Crippen LogP contribution in [0.25, 0.3) is 22.2 Å². The van der Waals surface area contributed by atoms with Gasteiger partial charge in [0.15, 0.2) is 0 Å². The lowest BCUT2D eigenvalue weighted by molar-refractivity contribution is 0.625. The van der Waals surface area contributed by atoms with Crippen LogP contribution in [0.5, 0.6) is 0 Å². The maximum Gasteiger partial charge on any atom is 0.261 e. The molecule has 4 aromatic rings. The minimum atomic E-state index is -0.508. The molecular formula is C26H21ClF2N4O. The van der Waals surface area contributed by atoms with Crippen LogP contribution >= 0.6 is 11.6 Å². The minimum absolute atomic E-state index is 0.119. The molecule has 4 heterocycles. The SMILES string of the molecule is O=c1c2cc(N3CCC(c4ccc(F)cc4)C3)nc(-c3ccc(Cl)cc3F)c2nc2n1CCC2. The molecule has 8 heteroatoms. The maximum absolute atomic E-state index is 15.0. The van der Waals surface area contributed by atoms with E-state index in [1.54, 1.807) is 22.8 Å². The van der Waals surface area contributed by atoms with Crippen molar-refractivity contribution in [2.75, 3.05) is 18.0 Å². The Morgan fingerprint density at radius 3 is 2.62 bits per heavy atom. The topological polar surface area (TPSA) is 51.0 Å². The van der Waals surface area contributed by atoms with Crippen LogP contribution in [0.2, 0.25) is 5.02 Å². The van der Waals surface area contributed by atoms with Crippen LogP contribution in [0.3, 0.4) is 0 Å². The highest BCUT2D eigenvalue weighted by Gasteiger charge is 2.28. The van der Waals surface area contributed by atoms with Gasteiger partial charge in [-0.1, -0.05) is 23.7 Å². The van der Waals surface area contributed by atoms with Gasteiger partial charge in [-0.2, -0.15) is 0 Å². The summed E-state index contributed by atoms with van der Waals surface area (Å²) in [6, 6.07) is 12.8. The van der Waals surface area contributed by atoms with Crippen molar-refractivity contribution in [2.24, 2.45) is 0 Å². The molecule has 1 atom stereocenters. The predicted molar refractivity (Wildman–Crippen MR) is 128 cm³/mol. The number of nitrogens with zero attached hydrogens (tertiary/aromatic N) is 4. The number of anilines is 1. The fraction of sp³-hybridized carbons (Fsp3) is 0.269. The zero-order valence-electron chi connectivity index (χ0n) is 18.3. The summed E-state index contributed by atoms with van der Waals surface area (Å²) in [6.07, 6.45) is 2.44. The molecule has 1 saturated heterocycles. The minimum Gasteiger partial charge on any atom is -0.356 e. The van der Waals surface area contributed by atoms with E-state index < -0.39 is 5.82 Å². The molecule has 2 aliphatic rings. The standard InChI is InChI=1S/C26H21ClF2N4O/c27-17-5-8-19(21(29)12-17)24-25-20(26(34)33-10-1-2-22(33)30-25)13-23(31-24)32-11-9-16(14-32)15-3-6-18(28)7-4-15/h3-8,12-13,16H,1-2,9-11,14H2. The summed E-state index contributed by atoms with van der Waals surface area (Å²) in [4.78, 5) is 25.0. The van der Waals surface area contributed by atoms with Crippen LogP contribution in [0, 0.1) is 11.6 Å². The van der Waals surface area contributed by atoms with E-state index >= 15 is 0 Å². The molecule has 2 aromatic carbocycles. The van der Waals surface area contributed by atoms with Gasteiger partial charge in [0.25, 0.3) is 5.56 Å². The Morgan fingerprint density at radius 2 is 1.82 bits per heavy atom. The highest BCUT2D eigenvalue weighted by molar-refractivity contribution is 6.30. The Morgan fingerprint density at radius 1 is 1.00 bits per heavy atom. The van der Waals surface area contributed by atoms with Crippen LogP contribution < -0.4 is 10.5 Å². The smallest absolute Gasteiger partial charge is 0.261 e. The molecule has 2 aromatic heterocycles. The molecule has 5 nitrogen and oxygen atoms in total. The molecule has 0 spiro atoms. The number of hydrogen-bond acceptors (Lipinski definition) is 4. The van der Waals surface area contributed by atoms with E-state index in [1.807, 2.05) is 12.1 Å². The molecule has 1 unspecified atom stereocenters. The first-order chi connectivity index (χ1) is 16.5. The average Bonchev–Trinajstić information content (AvgIpc) is 3.50. The first-order valence-electron chi connectivity index (χ1n) is 11.4. The largest absolute Gasteiger partial charge is 0.356 e. The summed E-state index contributed by atoms with van der Waals surface area (Å²) in [5.41, 5.74) is 1.97. The number of hydrogen-bond donors (Lipinski definition) is 0. The van der Waals surface area contributed by atoms with E-state index in [-0.39, 0.29) is 27.9 Å². The van der Waals surface area contributed by atoms with Gasteiger partial charge in [-0.05, 0) is 54.8 Å². The quantitative estimate of drug-likeness (QED) is 0.399. The molecule has 0 amide bonds. The molecule has 0 N–H and O–H groups in total. The second kappa shape index (κ2) is 8.17. The molecule has 2 aliphatic heterocycles. The van der Waals surface area contributed by atoms with Gasteiger partial charge in [0.2, 0.25) is 0 Å². The number of pyridine rings is 1. The number of aromatic nitrogens is 3. The first-order valence-corrected chi connectivity index (χ1v) is 11.8. The van der Waals surface area contributed by atoms with Crippen molar-refractivity contribution in [3.8, 4) is 11.3 Å². The third kappa shape index (κ3) is 3.55. The van der Waals surface area contributed by atoms with E-state index in [2.05, 4.69) is 4.90 Å². The van der Waals surface area contributed by atoms with Gasteiger partial charge in [-0.3, -0.25) is 9.36 Å². The van der Waals surface area contributed by atoms with Gasteiger partial charge >= 0.3 is 0 Å². The summed E-state index contributed by atoms with van der Waals surface area (Å²) in [6.45, 7) is 2.03. The lowest BCUT2D eigenvalue weighted by atomic mass is 9.99. The van der Waals surface area contributed by atoms with E-state index in [9.17, 15) is 13.6 Å². The number of aryl methyl sites for hydroxylation is 1. The normalized spacial score (nSPS) is 17.5. The van der Waals surface area contributed by atoms with Crippen LogP contribution in [0.4, 0.5) is 14.6 Å². The van der Waals surface area contributed by atoms with Crippen molar-refractivity contribution in [1.29, 1.82) is 0 Å². The number of benzene rings is 2. The Labute approximate surface area is 199 Å². The van der Waals surface area contributed by atoms with Crippen molar-refractivity contribution in [1.82, 2.24) is 14.5 Å². The third-order valence-electron chi connectivity index (χ3n) is 6.83. The Kier molecular flexibility index (Phi) is 5.10.